The number of H-pyrrole nitrogens is 1. The van der Waals surface area contributed by atoms with Crippen LogP contribution in [0.25, 0.3) is 0 Å². The first-order chi connectivity index (χ1) is 6.77. The van der Waals surface area contributed by atoms with Crippen molar-refractivity contribution in [1.82, 2.24) is 9.97 Å². The summed E-state index contributed by atoms with van der Waals surface area (Å²) in [5.41, 5.74) is 0.341. The molecule has 14 heavy (non-hydrogen) atoms. The van der Waals surface area contributed by atoms with Gasteiger partial charge in [-0.15, -0.1) is 0 Å². The molecule has 0 aromatic carbocycles. The van der Waals surface area contributed by atoms with E-state index in [1.54, 1.807) is 6.20 Å². The zero-order chi connectivity index (χ0) is 10.4. The number of hydrogen-bond acceptors (Lipinski definition) is 4. The van der Waals surface area contributed by atoms with E-state index < -0.39 is 6.29 Å². The van der Waals surface area contributed by atoms with E-state index in [0.717, 1.165) is 0 Å². The summed E-state index contributed by atoms with van der Waals surface area (Å²) in [6.07, 6.45) is 2.55. The number of aromatic nitrogens is 2. The molecule has 5 heteroatoms. The lowest BCUT2D eigenvalue weighted by Gasteiger charge is -2.15. The van der Waals surface area contributed by atoms with Crippen LogP contribution in [0.15, 0.2) is 17.2 Å². The third-order valence-corrected chi connectivity index (χ3v) is 1.60. The summed E-state index contributed by atoms with van der Waals surface area (Å²) in [7, 11) is 0. The van der Waals surface area contributed by atoms with E-state index in [0.29, 0.717) is 18.8 Å². The van der Waals surface area contributed by atoms with Crippen molar-refractivity contribution in [2.24, 2.45) is 0 Å². The molecule has 0 saturated carbocycles. The zero-order valence-electron chi connectivity index (χ0n) is 8.32. The van der Waals surface area contributed by atoms with Crippen LogP contribution in [-0.4, -0.2) is 23.2 Å². The van der Waals surface area contributed by atoms with Gasteiger partial charge >= 0.3 is 5.69 Å². The summed E-state index contributed by atoms with van der Waals surface area (Å²) >= 11 is 0. The minimum absolute atomic E-state index is 0.375. The van der Waals surface area contributed by atoms with Gasteiger partial charge in [0.05, 0.1) is 0 Å². The van der Waals surface area contributed by atoms with E-state index in [1.807, 2.05) is 13.8 Å². The van der Waals surface area contributed by atoms with Gasteiger partial charge in [0.1, 0.15) is 0 Å². The van der Waals surface area contributed by atoms with Crippen molar-refractivity contribution in [3.05, 3.63) is 28.4 Å². The Balaban J connectivity index is 2.76. The highest BCUT2D eigenvalue weighted by Crippen LogP contribution is 2.15. The summed E-state index contributed by atoms with van der Waals surface area (Å²) in [5, 5.41) is 0. The van der Waals surface area contributed by atoms with Crippen molar-refractivity contribution in [1.29, 1.82) is 0 Å². The standard InChI is InChI=1S/C9H14N2O3/c1-3-13-8(14-4-2)7-5-10-9(12)11-6-7/h5-6,8H,3-4H2,1-2H3,(H,10,11,12). The lowest BCUT2D eigenvalue weighted by Crippen LogP contribution is -2.14. The molecule has 0 amide bonds. The molecule has 78 valence electrons. The van der Waals surface area contributed by atoms with Gasteiger partial charge in [-0.2, -0.15) is 0 Å². The molecule has 0 bridgehead atoms. The number of hydrogen-bond donors (Lipinski definition) is 1. The Kier molecular flexibility index (Phi) is 4.28. The van der Waals surface area contributed by atoms with Crippen molar-refractivity contribution in [3.63, 3.8) is 0 Å². The first kappa shape index (κ1) is 10.9. The SMILES string of the molecule is CCOC(OCC)c1cnc(=O)[nH]c1. The minimum Gasteiger partial charge on any atom is -0.349 e. The predicted octanol–water partition coefficient (Wildman–Crippen LogP) is 0.841. The van der Waals surface area contributed by atoms with Crippen LogP contribution >= 0.6 is 0 Å². The molecule has 1 N–H and O–H groups in total. The number of rotatable bonds is 5. The highest BCUT2D eigenvalue weighted by Gasteiger charge is 2.11. The molecule has 1 aromatic heterocycles. The summed E-state index contributed by atoms with van der Waals surface area (Å²) in [4.78, 5) is 16.8. The van der Waals surface area contributed by atoms with Gasteiger partial charge in [0.15, 0.2) is 6.29 Å². The van der Waals surface area contributed by atoms with Crippen molar-refractivity contribution in [3.8, 4) is 0 Å². The molecule has 0 atom stereocenters. The minimum atomic E-state index is -0.450. The summed E-state index contributed by atoms with van der Waals surface area (Å²) in [6.45, 7) is 4.85. The van der Waals surface area contributed by atoms with E-state index in [9.17, 15) is 4.79 Å². The van der Waals surface area contributed by atoms with E-state index in [1.165, 1.54) is 6.20 Å². The number of ether oxygens (including phenoxy) is 2. The number of nitrogens with one attached hydrogen (secondary N) is 1. The van der Waals surface area contributed by atoms with E-state index in [-0.39, 0.29) is 5.69 Å². The summed E-state index contributed by atoms with van der Waals surface area (Å²) < 4.78 is 10.6. The third kappa shape index (κ3) is 2.93. The van der Waals surface area contributed by atoms with E-state index in [4.69, 9.17) is 9.47 Å². The molecule has 0 spiro atoms. The Morgan fingerprint density at radius 1 is 1.43 bits per heavy atom. The van der Waals surface area contributed by atoms with Gasteiger partial charge in [0.2, 0.25) is 0 Å². The average molecular weight is 198 g/mol. The van der Waals surface area contributed by atoms with Gasteiger partial charge in [-0.25, -0.2) is 9.78 Å². The maximum absolute atomic E-state index is 10.7. The van der Waals surface area contributed by atoms with Crippen LogP contribution in [0.2, 0.25) is 0 Å². The Bertz CT molecular complexity index is 298. The van der Waals surface area contributed by atoms with Crippen molar-refractivity contribution >= 4 is 0 Å². The molecule has 0 aliphatic rings. The van der Waals surface area contributed by atoms with E-state index in [2.05, 4.69) is 9.97 Å². The first-order valence-corrected chi connectivity index (χ1v) is 4.55. The van der Waals surface area contributed by atoms with Gasteiger partial charge < -0.3 is 14.5 Å². The molecule has 1 aromatic rings. The summed E-state index contributed by atoms with van der Waals surface area (Å²) in [6, 6.07) is 0. The number of nitrogens with zero attached hydrogens (tertiary/aromatic N) is 1. The fraction of sp³-hybridized carbons (Fsp3) is 0.556. The van der Waals surface area contributed by atoms with Crippen LogP contribution in [0.1, 0.15) is 25.7 Å². The third-order valence-electron chi connectivity index (χ3n) is 1.60. The summed E-state index contributed by atoms with van der Waals surface area (Å²) in [5.74, 6) is 0. The zero-order valence-corrected chi connectivity index (χ0v) is 8.32. The monoisotopic (exact) mass is 198 g/mol. The van der Waals surface area contributed by atoms with Gasteiger partial charge in [0.25, 0.3) is 0 Å². The molecule has 5 nitrogen and oxygen atoms in total. The molecule has 0 fully saturated rings. The largest absolute Gasteiger partial charge is 0.349 e. The maximum atomic E-state index is 10.7. The normalized spacial score (nSPS) is 10.8. The highest BCUT2D eigenvalue weighted by molar-refractivity contribution is 5.04. The van der Waals surface area contributed by atoms with Crippen LogP contribution in [0.4, 0.5) is 0 Å². The van der Waals surface area contributed by atoms with Crippen LogP contribution in [0.3, 0.4) is 0 Å². The molecule has 1 rings (SSSR count). The highest BCUT2D eigenvalue weighted by atomic mass is 16.7. The lowest BCUT2D eigenvalue weighted by atomic mass is 10.3. The molecule has 0 aliphatic heterocycles. The molecular weight excluding hydrogens is 184 g/mol. The Morgan fingerprint density at radius 3 is 2.50 bits per heavy atom. The van der Waals surface area contributed by atoms with Crippen LogP contribution in [-0.2, 0) is 9.47 Å². The second-order valence-corrected chi connectivity index (χ2v) is 2.59. The molecule has 0 radical (unpaired) electrons. The molecule has 1 heterocycles. The van der Waals surface area contributed by atoms with Crippen LogP contribution in [0.5, 0.6) is 0 Å². The quantitative estimate of drug-likeness (QED) is 0.712. The van der Waals surface area contributed by atoms with E-state index >= 15 is 0 Å². The Morgan fingerprint density at radius 2 is 2.07 bits per heavy atom. The second kappa shape index (κ2) is 5.51. The first-order valence-electron chi connectivity index (χ1n) is 4.55. The van der Waals surface area contributed by atoms with Crippen molar-refractivity contribution in [2.45, 2.75) is 20.1 Å². The fourth-order valence-corrected chi connectivity index (χ4v) is 1.02. The van der Waals surface area contributed by atoms with Gasteiger partial charge in [-0.1, -0.05) is 0 Å². The van der Waals surface area contributed by atoms with Crippen LogP contribution < -0.4 is 5.69 Å². The average Bonchev–Trinajstić information content (AvgIpc) is 2.19. The predicted molar refractivity (Wildman–Crippen MR) is 50.9 cm³/mol. The topological polar surface area (TPSA) is 64.2 Å². The van der Waals surface area contributed by atoms with Crippen molar-refractivity contribution < 1.29 is 9.47 Å². The molecule has 0 unspecified atom stereocenters. The second-order valence-electron chi connectivity index (χ2n) is 2.59. The Labute approximate surface area is 82.1 Å². The fourth-order valence-electron chi connectivity index (χ4n) is 1.02. The van der Waals surface area contributed by atoms with Gasteiger partial charge in [-0.3, -0.25) is 0 Å². The smallest absolute Gasteiger partial charge is 0.344 e. The number of aromatic amines is 1. The molecular formula is C9H14N2O3. The molecule has 0 aliphatic carbocycles. The van der Waals surface area contributed by atoms with Crippen LogP contribution in [0, 0.1) is 0 Å². The van der Waals surface area contributed by atoms with Gasteiger partial charge in [0, 0.05) is 31.2 Å². The van der Waals surface area contributed by atoms with Gasteiger partial charge in [-0.05, 0) is 13.8 Å². The Hall–Kier alpha value is -1.20. The lowest BCUT2D eigenvalue weighted by molar-refractivity contribution is -0.140. The maximum Gasteiger partial charge on any atom is 0.344 e. The van der Waals surface area contributed by atoms with Crippen molar-refractivity contribution in [2.75, 3.05) is 13.2 Å². The molecule has 0 saturated heterocycles.